The lowest BCUT2D eigenvalue weighted by Crippen LogP contribution is -2.25. The topological polar surface area (TPSA) is 12.0 Å². The molecule has 48 valence electrons. The van der Waals surface area contributed by atoms with Crippen LogP contribution in [-0.2, 0) is 0 Å². The highest BCUT2D eigenvalue weighted by Crippen LogP contribution is 1.93. The van der Waals surface area contributed by atoms with Crippen LogP contribution in [0.5, 0.6) is 0 Å². The Hall–Kier alpha value is -0.300. The van der Waals surface area contributed by atoms with Crippen molar-refractivity contribution in [3.8, 4) is 0 Å². The number of hydrogen-bond donors (Lipinski definition) is 1. The predicted molar refractivity (Wildman–Crippen MR) is 38.0 cm³/mol. The van der Waals surface area contributed by atoms with Crippen LogP contribution in [0.1, 0.15) is 20.8 Å². The third kappa shape index (κ3) is 2.80. The fraction of sp³-hybridized carbons (Fsp3) is 0.714. The van der Waals surface area contributed by atoms with E-state index in [-0.39, 0.29) is 0 Å². The van der Waals surface area contributed by atoms with E-state index in [1.54, 1.807) is 0 Å². The van der Waals surface area contributed by atoms with E-state index in [9.17, 15) is 0 Å². The Bertz CT molecular complexity index is 76.5. The van der Waals surface area contributed by atoms with Crippen LogP contribution in [0.3, 0.4) is 0 Å². The summed E-state index contributed by atoms with van der Waals surface area (Å²) in [4.78, 5) is 0. The van der Waals surface area contributed by atoms with Gasteiger partial charge in [0.25, 0.3) is 0 Å². The van der Waals surface area contributed by atoms with Crippen molar-refractivity contribution in [2.24, 2.45) is 0 Å². The van der Waals surface area contributed by atoms with Crippen molar-refractivity contribution in [1.29, 1.82) is 0 Å². The molecule has 0 spiro atoms. The molecule has 0 rings (SSSR count). The molecule has 0 aliphatic heterocycles. The minimum Gasteiger partial charge on any atom is -0.311 e. The monoisotopic (exact) mass is 113 g/mol. The van der Waals surface area contributed by atoms with Gasteiger partial charge in [-0.15, -0.1) is 0 Å². The smallest absolute Gasteiger partial charge is 0.0245 e. The fourth-order valence-corrected chi connectivity index (χ4v) is 0.480. The van der Waals surface area contributed by atoms with Crippen molar-refractivity contribution in [2.45, 2.75) is 26.8 Å². The van der Waals surface area contributed by atoms with E-state index >= 15 is 0 Å². The van der Waals surface area contributed by atoms with Gasteiger partial charge in [0.2, 0.25) is 0 Å². The van der Waals surface area contributed by atoms with Gasteiger partial charge in [-0.05, 0) is 20.4 Å². The standard InChI is InChI=1S/C7H15N/c1-5-8-7(4)6(2)3/h7-8H,2,5H2,1,3-4H3/t7-/m1/s1. The average Bonchev–Trinajstić information content (AvgIpc) is 1.67. The van der Waals surface area contributed by atoms with E-state index < -0.39 is 0 Å². The minimum atomic E-state index is 0.472. The van der Waals surface area contributed by atoms with Crippen LogP contribution in [0.25, 0.3) is 0 Å². The maximum Gasteiger partial charge on any atom is 0.0245 e. The molecule has 0 aromatic rings. The molecule has 1 atom stereocenters. The van der Waals surface area contributed by atoms with Gasteiger partial charge in [0, 0.05) is 6.04 Å². The Morgan fingerprint density at radius 3 is 2.38 bits per heavy atom. The summed E-state index contributed by atoms with van der Waals surface area (Å²) in [5.74, 6) is 0. The molecule has 0 aromatic heterocycles. The summed E-state index contributed by atoms with van der Waals surface area (Å²) in [7, 11) is 0. The number of hydrogen-bond acceptors (Lipinski definition) is 1. The average molecular weight is 113 g/mol. The summed E-state index contributed by atoms with van der Waals surface area (Å²) in [6.07, 6.45) is 0. The van der Waals surface area contributed by atoms with Gasteiger partial charge in [-0.2, -0.15) is 0 Å². The zero-order valence-corrected chi connectivity index (χ0v) is 5.99. The zero-order chi connectivity index (χ0) is 6.57. The van der Waals surface area contributed by atoms with Crippen molar-refractivity contribution >= 4 is 0 Å². The van der Waals surface area contributed by atoms with Gasteiger partial charge in [-0.3, -0.25) is 0 Å². The highest BCUT2D eigenvalue weighted by atomic mass is 14.9. The molecule has 0 radical (unpaired) electrons. The lowest BCUT2D eigenvalue weighted by molar-refractivity contribution is 0.635. The van der Waals surface area contributed by atoms with Crippen LogP contribution in [0.4, 0.5) is 0 Å². The van der Waals surface area contributed by atoms with Gasteiger partial charge in [0.15, 0.2) is 0 Å². The summed E-state index contributed by atoms with van der Waals surface area (Å²) in [6, 6.07) is 0.472. The second kappa shape index (κ2) is 3.67. The third-order valence-corrected chi connectivity index (χ3v) is 1.25. The highest BCUT2D eigenvalue weighted by molar-refractivity contribution is 4.98. The zero-order valence-electron chi connectivity index (χ0n) is 5.99. The van der Waals surface area contributed by atoms with E-state index in [4.69, 9.17) is 0 Å². The maximum absolute atomic E-state index is 3.81. The van der Waals surface area contributed by atoms with Gasteiger partial charge in [-0.1, -0.05) is 19.1 Å². The number of likely N-dealkylation sites (N-methyl/N-ethyl adjacent to an activating group) is 1. The molecule has 0 amide bonds. The van der Waals surface area contributed by atoms with Crippen molar-refractivity contribution in [3.05, 3.63) is 12.2 Å². The van der Waals surface area contributed by atoms with Gasteiger partial charge in [0.05, 0.1) is 0 Å². The maximum atomic E-state index is 3.81. The van der Waals surface area contributed by atoms with E-state index in [2.05, 4.69) is 25.7 Å². The first-order valence-corrected chi connectivity index (χ1v) is 3.07. The summed E-state index contributed by atoms with van der Waals surface area (Å²) < 4.78 is 0. The summed E-state index contributed by atoms with van der Waals surface area (Å²) in [5, 5.41) is 3.25. The van der Waals surface area contributed by atoms with Gasteiger partial charge >= 0.3 is 0 Å². The highest BCUT2D eigenvalue weighted by Gasteiger charge is 1.95. The molecule has 0 saturated carbocycles. The quantitative estimate of drug-likeness (QED) is 0.548. The number of rotatable bonds is 3. The van der Waals surface area contributed by atoms with E-state index in [0.717, 1.165) is 6.54 Å². The van der Waals surface area contributed by atoms with E-state index in [1.807, 2.05) is 6.92 Å². The first-order valence-electron chi connectivity index (χ1n) is 3.07. The third-order valence-electron chi connectivity index (χ3n) is 1.25. The van der Waals surface area contributed by atoms with Gasteiger partial charge in [-0.25, -0.2) is 0 Å². The molecule has 0 unspecified atom stereocenters. The first kappa shape index (κ1) is 7.70. The Morgan fingerprint density at radius 2 is 2.25 bits per heavy atom. The van der Waals surface area contributed by atoms with E-state index in [0.29, 0.717) is 6.04 Å². The molecule has 0 aliphatic rings. The van der Waals surface area contributed by atoms with Gasteiger partial charge in [0.1, 0.15) is 0 Å². The fourth-order valence-electron chi connectivity index (χ4n) is 0.480. The second-order valence-electron chi connectivity index (χ2n) is 2.13. The molecular weight excluding hydrogens is 98.1 g/mol. The number of nitrogens with one attached hydrogen (secondary N) is 1. The Labute approximate surface area is 51.8 Å². The molecule has 0 heterocycles. The molecule has 1 N–H and O–H groups in total. The Balaban J connectivity index is 3.32. The van der Waals surface area contributed by atoms with Crippen LogP contribution >= 0.6 is 0 Å². The second-order valence-corrected chi connectivity index (χ2v) is 2.13. The lowest BCUT2D eigenvalue weighted by atomic mass is 10.2. The molecule has 1 heteroatoms. The lowest BCUT2D eigenvalue weighted by Gasteiger charge is -2.10. The van der Waals surface area contributed by atoms with Gasteiger partial charge < -0.3 is 5.32 Å². The van der Waals surface area contributed by atoms with Crippen LogP contribution in [0, 0.1) is 0 Å². The van der Waals surface area contributed by atoms with Crippen molar-refractivity contribution in [1.82, 2.24) is 5.32 Å². The van der Waals surface area contributed by atoms with Crippen LogP contribution < -0.4 is 5.32 Å². The first-order chi connectivity index (χ1) is 3.68. The van der Waals surface area contributed by atoms with Crippen LogP contribution in [0.15, 0.2) is 12.2 Å². The molecule has 0 saturated heterocycles. The molecule has 0 fully saturated rings. The SMILES string of the molecule is C=C(C)[C@@H](C)NCC. The molecule has 0 aromatic carbocycles. The molecular formula is C7H15N. The normalized spacial score (nSPS) is 13.4. The Kier molecular flexibility index (Phi) is 3.53. The largest absolute Gasteiger partial charge is 0.311 e. The van der Waals surface area contributed by atoms with E-state index in [1.165, 1.54) is 5.57 Å². The molecule has 8 heavy (non-hydrogen) atoms. The van der Waals surface area contributed by atoms with Crippen LogP contribution in [0.2, 0.25) is 0 Å². The summed E-state index contributed by atoms with van der Waals surface area (Å²) >= 11 is 0. The minimum absolute atomic E-state index is 0.472. The predicted octanol–water partition coefficient (Wildman–Crippen LogP) is 1.56. The Morgan fingerprint density at radius 1 is 1.75 bits per heavy atom. The molecule has 0 aliphatic carbocycles. The summed E-state index contributed by atoms with van der Waals surface area (Å²) in [5.41, 5.74) is 1.20. The summed E-state index contributed by atoms with van der Waals surface area (Å²) in [6.45, 7) is 11.1. The molecule has 0 bridgehead atoms. The van der Waals surface area contributed by atoms with Crippen molar-refractivity contribution in [3.63, 3.8) is 0 Å². The molecule has 1 nitrogen and oxygen atoms in total. The van der Waals surface area contributed by atoms with Crippen molar-refractivity contribution < 1.29 is 0 Å². The van der Waals surface area contributed by atoms with Crippen LogP contribution in [-0.4, -0.2) is 12.6 Å². The van der Waals surface area contributed by atoms with Crippen molar-refractivity contribution in [2.75, 3.05) is 6.54 Å².